The fourth-order valence-corrected chi connectivity index (χ4v) is 3.97. The van der Waals surface area contributed by atoms with E-state index in [9.17, 15) is 9.90 Å². The van der Waals surface area contributed by atoms with Gasteiger partial charge >= 0.3 is 5.63 Å². The van der Waals surface area contributed by atoms with Crippen molar-refractivity contribution in [3.63, 3.8) is 0 Å². The zero-order valence-corrected chi connectivity index (χ0v) is 17.5. The number of anilines is 1. The minimum atomic E-state index is -0.571. The molecule has 1 N–H and O–H groups in total. The molecule has 4 rings (SSSR count). The Balaban J connectivity index is 1.31. The van der Waals surface area contributed by atoms with Crippen LogP contribution in [-0.2, 0) is 0 Å². The monoisotopic (exact) mass is 408 g/mol. The standard InChI is InChI=1S/C24H28N2O4/c1-17-13-24(28)30-23-12-18(2)22(14-21(17)23)29-16-20(27)15-25-8-10-26(11-9-25)19-6-4-3-5-7-19/h3-7,12-14,20,27H,8-11,15-16H2,1-2H3/t20-/m0/s1. The van der Waals surface area contributed by atoms with Gasteiger partial charge in [0.25, 0.3) is 0 Å². The molecule has 30 heavy (non-hydrogen) atoms. The largest absolute Gasteiger partial charge is 0.491 e. The summed E-state index contributed by atoms with van der Waals surface area (Å²) >= 11 is 0. The molecule has 2 heterocycles. The number of aliphatic hydroxyl groups excluding tert-OH is 1. The number of benzene rings is 2. The molecule has 1 saturated heterocycles. The van der Waals surface area contributed by atoms with Gasteiger partial charge in [-0.3, -0.25) is 4.90 Å². The number of hydrogen-bond donors (Lipinski definition) is 1. The number of hydrogen-bond acceptors (Lipinski definition) is 6. The van der Waals surface area contributed by atoms with E-state index in [0.29, 0.717) is 17.9 Å². The van der Waals surface area contributed by atoms with Crippen molar-refractivity contribution in [1.29, 1.82) is 0 Å². The number of aryl methyl sites for hydroxylation is 2. The van der Waals surface area contributed by atoms with Crippen molar-refractivity contribution in [1.82, 2.24) is 4.90 Å². The lowest BCUT2D eigenvalue weighted by Crippen LogP contribution is -2.49. The lowest BCUT2D eigenvalue weighted by Gasteiger charge is -2.36. The van der Waals surface area contributed by atoms with Gasteiger partial charge in [0, 0.05) is 49.9 Å². The van der Waals surface area contributed by atoms with Gasteiger partial charge in [0.05, 0.1) is 0 Å². The third-order valence-corrected chi connectivity index (χ3v) is 5.64. The van der Waals surface area contributed by atoms with E-state index in [1.54, 1.807) is 0 Å². The summed E-state index contributed by atoms with van der Waals surface area (Å²) in [7, 11) is 0. The van der Waals surface area contributed by atoms with E-state index in [4.69, 9.17) is 9.15 Å². The van der Waals surface area contributed by atoms with Crippen molar-refractivity contribution in [2.45, 2.75) is 20.0 Å². The van der Waals surface area contributed by atoms with Crippen molar-refractivity contribution in [2.75, 3.05) is 44.2 Å². The zero-order valence-electron chi connectivity index (χ0n) is 17.5. The molecule has 1 aliphatic rings. The van der Waals surface area contributed by atoms with E-state index in [0.717, 1.165) is 42.7 Å². The first-order valence-electron chi connectivity index (χ1n) is 10.4. The molecule has 1 aliphatic heterocycles. The summed E-state index contributed by atoms with van der Waals surface area (Å²) in [6.45, 7) is 8.33. The molecule has 158 valence electrons. The second kappa shape index (κ2) is 8.90. The lowest BCUT2D eigenvalue weighted by molar-refractivity contribution is 0.0661. The molecule has 0 radical (unpaired) electrons. The van der Waals surface area contributed by atoms with Crippen molar-refractivity contribution < 1.29 is 14.3 Å². The first-order valence-corrected chi connectivity index (χ1v) is 10.4. The topological polar surface area (TPSA) is 66.2 Å². The number of β-amino-alcohol motifs (C(OH)–C–C–N with tert-alkyl or cyclic N) is 1. The van der Waals surface area contributed by atoms with Crippen LogP contribution in [0.4, 0.5) is 5.69 Å². The normalized spacial score (nSPS) is 16.0. The van der Waals surface area contributed by atoms with Crippen molar-refractivity contribution >= 4 is 16.7 Å². The van der Waals surface area contributed by atoms with Crippen LogP contribution in [0.1, 0.15) is 11.1 Å². The average molecular weight is 408 g/mol. The first kappa shape index (κ1) is 20.4. The number of nitrogens with zero attached hydrogens (tertiary/aromatic N) is 2. The van der Waals surface area contributed by atoms with Crippen LogP contribution >= 0.6 is 0 Å². The Morgan fingerprint density at radius 2 is 1.77 bits per heavy atom. The van der Waals surface area contributed by atoms with E-state index in [1.807, 2.05) is 32.0 Å². The summed E-state index contributed by atoms with van der Waals surface area (Å²) in [4.78, 5) is 16.2. The Labute approximate surface area is 176 Å². The fraction of sp³-hybridized carbons (Fsp3) is 0.375. The first-order chi connectivity index (χ1) is 14.5. The van der Waals surface area contributed by atoms with E-state index < -0.39 is 6.10 Å². The highest BCUT2D eigenvalue weighted by Crippen LogP contribution is 2.27. The lowest BCUT2D eigenvalue weighted by atomic mass is 10.1. The minimum absolute atomic E-state index is 0.223. The Morgan fingerprint density at radius 3 is 2.50 bits per heavy atom. The second-order valence-corrected chi connectivity index (χ2v) is 7.95. The van der Waals surface area contributed by atoms with Gasteiger partial charge in [0.2, 0.25) is 0 Å². The zero-order chi connectivity index (χ0) is 21.1. The van der Waals surface area contributed by atoms with Gasteiger partial charge in [0.1, 0.15) is 24.0 Å². The molecule has 0 amide bonds. The third-order valence-electron chi connectivity index (χ3n) is 5.64. The highest BCUT2D eigenvalue weighted by molar-refractivity contribution is 5.82. The quantitative estimate of drug-likeness (QED) is 0.633. The van der Waals surface area contributed by atoms with Gasteiger partial charge in [0.15, 0.2) is 0 Å². The van der Waals surface area contributed by atoms with Gasteiger partial charge in [-0.1, -0.05) is 18.2 Å². The average Bonchev–Trinajstić information content (AvgIpc) is 2.73. The van der Waals surface area contributed by atoms with E-state index in [2.05, 4.69) is 34.1 Å². The summed E-state index contributed by atoms with van der Waals surface area (Å²) < 4.78 is 11.2. The molecule has 1 aromatic heterocycles. The maximum atomic E-state index is 11.6. The highest BCUT2D eigenvalue weighted by Gasteiger charge is 2.20. The third kappa shape index (κ3) is 4.66. The van der Waals surface area contributed by atoms with E-state index >= 15 is 0 Å². The summed E-state index contributed by atoms with van der Waals surface area (Å²) in [5.41, 5.74) is 3.18. The fourth-order valence-electron chi connectivity index (χ4n) is 3.97. The Morgan fingerprint density at radius 1 is 1.03 bits per heavy atom. The highest BCUT2D eigenvalue weighted by atomic mass is 16.5. The predicted octanol–water partition coefficient (Wildman–Crippen LogP) is 2.97. The van der Waals surface area contributed by atoms with E-state index in [1.165, 1.54) is 11.8 Å². The molecule has 6 heteroatoms. The number of ether oxygens (including phenoxy) is 1. The van der Waals surface area contributed by atoms with Crippen LogP contribution in [0.25, 0.3) is 11.0 Å². The summed E-state index contributed by atoms with van der Waals surface area (Å²) in [5.74, 6) is 0.701. The van der Waals surface area contributed by atoms with Gasteiger partial charge in [-0.05, 0) is 49.2 Å². The molecular formula is C24H28N2O4. The molecular weight excluding hydrogens is 380 g/mol. The molecule has 0 unspecified atom stereocenters. The molecule has 3 aromatic rings. The molecule has 6 nitrogen and oxygen atoms in total. The van der Waals surface area contributed by atoms with Crippen LogP contribution in [-0.4, -0.2) is 55.4 Å². The van der Waals surface area contributed by atoms with Gasteiger partial charge in [-0.25, -0.2) is 4.79 Å². The van der Waals surface area contributed by atoms with Crippen LogP contribution < -0.4 is 15.3 Å². The molecule has 0 saturated carbocycles. The van der Waals surface area contributed by atoms with Gasteiger partial charge in [-0.2, -0.15) is 0 Å². The molecule has 1 fully saturated rings. The van der Waals surface area contributed by atoms with Crippen molar-refractivity contribution in [3.05, 3.63) is 70.1 Å². The van der Waals surface area contributed by atoms with E-state index in [-0.39, 0.29) is 12.2 Å². The van der Waals surface area contributed by atoms with Crippen molar-refractivity contribution in [2.24, 2.45) is 0 Å². The number of rotatable bonds is 6. The Bertz CT molecular complexity index is 1060. The second-order valence-electron chi connectivity index (χ2n) is 7.95. The van der Waals surface area contributed by atoms with Crippen molar-refractivity contribution in [3.8, 4) is 5.75 Å². The van der Waals surface area contributed by atoms with Gasteiger partial charge in [-0.15, -0.1) is 0 Å². The molecule has 2 aromatic carbocycles. The summed E-state index contributed by atoms with van der Waals surface area (Å²) in [6, 6.07) is 15.6. The Hall–Kier alpha value is -2.83. The summed E-state index contributed by atoms with van der Waals surface area (Å²) in [5, 5.41) is 11.3. The maximum absolute atomic E-state index is 11.6. The number of piperazine rings is 1. The number of fused-ring (bicyclic) bond motifs is 1. The smallest absolute Gasteiger partial charge is 0.336 e. The summed E-state index contributed by atoms with van der Waals surface area (Å²) in [6.07, 6.45) is -0.571. The predicted molar refractivity (Wildman–Crippen MR) is 119 cm³/mol. The molecule has 0 aliphatic carbocycles. The number of para-hydroxylation sites is 1. The molecule has 0 spiro atoms. The number of aliphatic hydroxyl groups is 1. The minimum Gasteiger partial charge on any atom is -0.491 e. The molecule has 1 atom stereocenters. The van der Waals surface area contributed by atoms with Crippen LogP contribution in [0, 0.1) is 13.8 Å². The van der Waals surface area contributed by atoms with Crippen LogP contribution in [0.3, 0.4) is 0 Å². The van der Waals surface area contributed by atoms with Gasteiger partial charge < -0.3 is 19.2 Å². The van der Waals surface area contributed by atoms with Crippen LogP contribution in [0.15, 0.2) is 57.7 Å². The Kier molecular flexibility index (Phi) is 6.06. The SMILES string of the molecule is Cc1cc2oc(=O)cc(C)c2cc1OC[C@@H](O)CN1CCN(c2ccccc2)CC1. The van der Waals surface area contributed by atoms with Crippen LogP contribution in [0.2, 0.25) is 0 Å². The van der Waals surface area contributed by atoms with Crippen LogP contribution in [0.5, 0.6) is 5.75 Å². The maximum Gasteiger partial charge on any atom is 0.336 e. The molecule has 0 bridgehead atoms.